The van der Waals surface area contributed by atoms with Crippen LogP contribution in [0.3, 0.4) is 0 Å². The van der Waals surface area contributed by atoms with Crippen LogP contribution in [0.15, 0.2) is 35.5 Å². The number of hydrogen-bond donors (Lipinski definition) is 0. The fourth-order valence-corrected chi connectivity index (χ4v) is 1.95. The molecule has 0 saturated carbocycles. The van der Waals surface area contributed by atoms with Gasteiger partial charge in [-0.3, -0.25) is 0 Å². The molecule has 0 spiro atoms. The Bertz CT molecular complexity index is 471. The Morgan fingerprint density at radius 3 is 2.09 bits per heavy atom. The predicted octanol–water partition coefficient (Wildman–Crippen LogP) is 3.73. The van der Waals surface area contributed by atoms with Gasteiger partial charge >= 0.3 is 11.9 Å². The minimum atomic E-state index is -0.467. The smallest absolute Gasteiger partial charge is 0.338 e. The quantitative estimate of drug-likeness (QED) is 0.506. The van der Waals surface area contributed by atoms with Crippen LogP contribution in [0, 0.1) is 5.92 Å². The van der Waals surface area contributed by atoms with Gasteiger partial charge in [0.15, 0.2) is 0 Å². The third-order valence-electron chi connectivity index (χ3n) is 3.30. The molecule has 4 heteroatoms. The summed E-state index contributed by atoms with van der Waals surface area (Å²) >= 11 is 0. The fraction of sp³-hybridized carbons (Fsp3) is 0.556. The zero-order valence-corrected chi connectivity index (χ0v) is 13.8. The van der Waals surface area contributed by atoms with E-state index in [1.807, 2.05) is 26.8 Å². The molecule has 1 aliphatic carbocycles. The number of esters is 2. The molecule has 0 aliphatic heterocycles. The largest absolute Gasteiger partial charge is 0.462 e. The van der Waals surface area contributed by atoms with E-state index in [1.165, 1.54) is 0 Å². The monoisotopic (exact) mass is 306 g/mol. The average molecular weight is 306 g/mol. The van der Waals surface area contributed by atoms with E-state index in [9.17, 15) is 9.59 Å². The molecule has 0 fully saturated rings. The lowest BCUT2D eigenvalue weighted by Crippen LogP contribution is -2.18. The summed E-state index contributed by atoms with van der Waals surface area (Å²) in [6.45, 7) is 6.74. The van der Waals surface area contributed by atoms with Gasteiger partial charge in [0.2, 0.25) is 0 Å². The van der Waals surface area contributed by atoms with Crippen molar-refractivity contribution in [3.05, 3.63) is 35.5 Å². The molecule has 22 heavy (non-hydrogen) atoms. The predicted molar refractivity (Wildman–Crippen MR) is 86.2 cm³/mol. The van der Waals surface area contributed by atoms with Crippen molar-refractivity contribution >= 4 is 11.9 Å². The van der Waals surface area contributed by atoms with Gasteiger partial charge in [-0.1, -0.05) is 51.8 Å². The summed E-state index contributed by atoms with van der Waals surface area (Å²) in [7, 11) is 0. The molecule has 0 radical (unpaired) electrons. The second kappa shape index (κ2) is 9.98. The topological polar surface area (TPSA) is 52.6 Å². The molecule has 122 valence electrons. The minimum Gasteiger partial charge on any atom is -0.462 e. The maximum Gasteiger partial charge on any atom is 0.338 e. The van der Waals surface area contributed by atoms with Crippen molar-refractivity contribution < 1.29 is 19.1 Å². The highest BCUT2D eigenvalue weighted by Crippen LogP contribution is 2.21. The lowest BCUT2D eigenvalue weighted by molar-refractivity contribution is -0.142. The number of carbonyl (C=O) groups is 2. The van der Waals surface area contributed by atoms with Crippen LogP contribution in [0.4, 0.5) is 0 Å². The standard InChI is InChI=1S/C18H26O4/c1-4-6-11-21-17(19)15-10-8-9-14(3)13-16(15)18(20)22-12-7-5-2/h8-10,13-14H,4-7,11-12H2,1-3H3. The van der Waals surface area contributed by atoms with Gasteiger partial charge in [0.1, 0.15) is 0 Å². The van der Waals surface area contributed by atoms with Crippen molar-refractivity contribution in [1.82, 2.24) is 0 Å². The Labute approximate surface area is 132 Å². The van der Waals surface area contributed by atoms with Crippen molar-refractivity contribution in [1.29, 1.82) is 0 Å². The average Bonchev–Trinajstić information content (AvgIpc) is 2.69. The first kappa shape index (κ1) is 18.2. The fourth-order valence-electron chi connectivity index (χ4n) is 1.95. The van der Waals surface area contributed by atoms with Gasteiger partial charge in [-0.2, -0.15) is 0 Å². The highest BCUT2D eigenvalue weighted by molar-refractivity contribution is 6.07. The molecule has 1 rings (SSSR count). The molecule has 4 nitrogen and oxygen atoms in total. The zero-order valence-electron chi connectivity index (χ0n) is 13.8. The maximum atomic E-state index is 12.2. The van der Waals surface area contributed by atoms with Gasteiger partial charge in [-0.05, 0) is 24.8 Å². The summed E-state index contributed by atoms with van der Waals surface area (Å²) in [4.78, 5) is 24.5. The maximum absolute atomic E-state index is 12.2. The molecule has 0 aromatic rings. The van der Waals surface area contributed by atoms with E-state index >= 15 is 0 Å². The summed E-state index contributed by atoms with van der Waals surface area (Å²) in [5.41, 5.74) is 0.577. The van der Waals surface area contributed by atoms with Crippen LogP contribution in [0.2, 0.25) is 0 Å². The van der Waals surface area contributed by atoms with Crippen molar-refractivity contribution in [2.75, 3.05) is 13.2 Å². The van der Waals surface area contributed by atoms with Gasteiger partial charge < -0.3 is 9.47 Å². The Hall–Kier alpha value is -1.84. The first-order valence-electron chi connectivity index (χ1n) is 8.05. The normalized spacial score (nSPS) is 17.3. The first-order valence-corrected chi connectivity index (χ1v) is 8.05. The van der Waals surface area contributed by atoms with Gasteiger partial charge in [0.25, 0.3) is 0 Å². The Morgan fingerprint density at radius 1 is 1.00 bits per heavy atom. The second-order valence-corrected chi connectivity index (χ2v) is 5.38. The Balaban J connectivity index is 2.83. The van der Waals surface area contributed by atoms with E-state index in [-0.39, 0.29) is 11.5 Å². The van der Waals surface area contributed by atoms with E-state index in [2.05, 4.69) is 0 Å². The SMILES string of the molecule is CCCCOC(=O)C1=CC=CC(C)C=C1C(=O)OCCCC. The van der Waals surface area contributed by atoms with Crippen molar-refractivity contribution in [2.45, 2.75) is 46.5 Å². The third kappa shape index (κ3) is 5.88. The number of carbonyl (C=O) groups excluding carboxylic acids is 2. The van der Waals surface area contributed by atoms with Crippen molar-refractivity contribution in [3.8, 4) is 0 Å². The molecule has 0 bridgehead atoms. The molecule has 0 saturated heterocycles. The molecule has 0 amide bonds. The van der Waals surface area contributed by atoms with Crippen LogP contribution >= 0.6 is 0 Å². The van der Waals surface area contributed by atoms with Gasteiger partial charge in [0, 0.05) is 0 Å². The third-order valence-corrected chi connectivity index (χ3v) is 3.30. The lowest BCUT2D eigenvalue weighted by atomic mass is 10.0. The first-order chi connectivity index (χ1) is 10.6. The summed E-state index contributed by atoms with van der Waals surface area (Å²) < 4.78 is 10.5. The number of rotatable bonds is 8. The van der Waals surface area contributed by atoms with Crippen LogP contribution in [0.5, 0.6) is 0 Å². The highest BCUT2D eigenvalue weighted by atomic mass is 16.5. The summed E-state index contributed by atoms with van der Waals surface area (Å²) in [5, 5.41) is 0. The Kier molecular flexibility index (Phi) is 8.26. The number of hydrogen-bond acceptors (Lipinski definition) is 4. The number of allylic oxidation sites excluding steroid dienone is 4. The van der Waals surface area contributed by atoms with E-state index in [1.54, 1.807) is 18.2 Å². The van der Waals surface area contributed by atoms with E-state index in [0.717, 1.165) is 25.7 Å². The van der Waals surface area contributed by atoms with Crippen LogP contribution in [-0.4, -0.2) is 25.2 Å². The van der Waals surface area contributed by atoms with Gasteiger partial charge in [-0.15, -0.1) is 0 Å². The molecule has 1 atom stereocenters. The summed E-state index contributed by atoms with van der Waals surface area (Å²) in [6, 6.07) is 0. The zero-order chi connectivity index (χ0) is 16.4. The minimum absolute atomic E-state index is 0.0610. The molecule has 0 N–H and O–H groups in total. The van der Waals surface area contributed by atoms with E-state index < -0.39 is 11.9 Å². The van der Waals surface area contributed by atoms with Gasteiger partial charge in [-0.25, -0.2) is 9.59 Å². The van der Waals surface area contributed by atoms with Crippen LogP contribution in [0.1, 0.15) is 46.5 Å². The Morgan fingerprint density at radius 2 is 1.55 bits per heavy atom. The molecule has 1 aliphatic rings. The van der Waals surface area contributed by atoms with Gasteiger partial charge in [0.05, 0.1) is 24.4 Å². The van der Waals surface area contributed by atoms with E-state index in [0.29, 0.717) is 18.8 Å². The molecule has 0 aromatic carbocycles. The summed E-state index contributed by atoms with van der Waals surface area (Å²) in [6.07, 6.45) is 10.6. The van der Waals surface area contributed by atoms with Crippen molar-refractivity contribution in [2.24, 2.45) is 5.92 Å². The van der Waals surface area contributed by atoms with Crippen LogP contribution in [-0.2, 0) is 19.1 Å². The second-order valence-electron chi connectivity index (χ2n) is 5.38. The molecule has 1 unspecified atom stereocenters. The molecular formula is C18H26O4. The van der Waals surface area contributed by atoms with Crippen LogP contribution in [0.25, 0.3) is 0 Å². The molecule has 0 heterocycles. The lowest BCUT2D eigenvalue weighted by Gasteiger charge is -2.12. The summed E-state index contributed by atoms with van der Waals surface area (Å²) in [5.74, 6) is -0.862. The molecular weight excluding hydrogens is 280 g/mol. The van der Waals surface area contributed by atoms with E-state index in [4.69, 9.17) is 9.47 Å². The van der Waals surface area contributed by atoms with Crippen LogP contribution < -0.4 is 0 Å². The number of unbranched alkanes of at least 4 members (excludes halogenated alkanes) is 2. The van der Waals surface area contributed by atoms with Crippen molar-refractivity contribution in [3.63, 3.8) is 0 Å². The molecule has 0 aromatic heterocycles. The highest BCUT2D eigenvalue weighted by Gasteiger charge is 2.24. The number of ether oxygens (including phenoxy) is 2.